The zero-order valence-corrected chi connectivity index (χ0v) is 19.5. The third-order valence-electron chi connectivity index (χ3n) is 7.51. The van der Waals surface area contributed by atoms with Crippen molar-refractivity contribution in [3.63, 3.8) is 0 Å². The number of benzene rings is 2. The Morgan fingerprint density at radius 3 is 2.48 bits per heavy atom. The Kier molecular flexibility index (Phi) is 7.15. The number of amides is 1. The van der Waals surface area contributed by atoms with Crippen molar-refractivity contribution in [3.8, 4) is 11.5 Å². The molecule has 3 aliphatic rings. The number of likely N-dealkylation sites (tertiary alicyclic amines) is 2. The molecule has 33 heavy (non-hydrogen) atoms. The van der Waals surface area contributed by atoms with Gasteiger partial charge >= 0.3 is 0 Å². The molecule has 3 heterocycles. The smallest absolute Gasteiger partial charge is 0.222 e. The van der Waals surface area contributed by atoms with E-state index in [2.05, 4.69) is 40.1 Å². The van der Waals surface area contributed by atoms with E-state index in [-0.39, 0.29) is 6.10 Å². The number of ether oxygens (including phenoxy) is 2. The van der Waals surface area contributed by atoms with Crippen LogP contribution in [0, 0.1) is 5.92 Å². The zero-order chi connectivity index (χ0) is 22.5. The van der Waals surface area contributed by atoms with Crippen LogP contribution in [0.2, 0.25) is 0 Å². The number of fused-ring (bicyclic) bond motifs is 1. The van der Waals surface area contributed by atoms with E-state index in [4.69, 9.17) is 9.47 Å². The Balaban J connectivity index is 1.02. The molecular formula is C28H36N2O3. The molecule has 3 aliphatic heterocycles. The van der Waals surface area contributed by atoms with Gasteiger partial charge in [-0.05, 0) is 75.2 Å². The van der Waals surface area contributed by atoms with E-state index < -0.39 is 0 Å². The third kappa shape index (κ3) is 5.70. The minimum absolute atomic E-state index is 0.110. The molecule has 0 bridgehead atoms. The second-order valence-corrected chi connectivity index (χ2v) is 9.85. The lowest BCUT2D eigenvalue weighted by atomic mass is 9.92. The fourth-order valence-electron chi connectivity index (χ4n) is 5.65. The Bertz CT molecular complexity index is 910. The lowest BCUT2D eigenvalue weighted by Crippen LogP contribution is -2.44. The van der Waals surface area contributed by atoms with Crippen LogP contribution in [0.3, 0.4) is 0 Å². The average molecular weight is 449 g/mol. The maximum absolute atomic E-state index is 12.5. The fourth-order valence-corrected chi connectivity index (χ4v) is 5.65. The van der Waals surface area contributed by atoms with Crippen LogP contribution in [-0.4, -0.2) is 60.6 Å². The highest BCUT2D eigenvalue weighted by Crippen LogP contribution is 2.32. The van der Waals surface area contributed by atoms with Gasteiger partial charge in [0.25, 0.3) is 0 Å². The summed E-state index contributed by atoms with van der Waals surface area (Å²) in [7, 11) is 0. The molecule has 176 valence electrons. The molecule has 0 N–H and O–H groups in total. The standard InChI is InChI=1S/C28H36N2O3/c31-28-13-12-24(19-23-7-2-1-3-8-23)30(28)16-6-9-22-14-17-29(18-15-22)20-25-21-32-26-10-4-5-11-27(26)33-25/h1-5,7-8,10-11,22,24-25H,6,9,12-21H2/t24-,25+/m1/s1. The number of carbonyl (C=O) groups excluding carboxylic acids is 1. The second kappa shape index (κ2) is 10.6. The molecule has 2 atom stereocenters. The second-order valence-electron chi connectivity index (χ2n) is 9.85. The van der Waals surface area contributed by atoms with E-state index in [1.165, 1.54) is 24.8 Å². The van der Waals surface area contributed by atoms with Gasteiger partial charge in [-0.2, -0.15) is 0 Å². The Morgan fingerprint density at radius 2 is 1.67 bits per heavy atom. The number of para-hydroxylation sites is 2. The molecule has 0 saturated carbocycles. The first-order valence-corrected chi connectivity index (χ1v) is 12.7. The molecule has 5 rings (SSSR count). The van der Waals surface area contributed by atoms with Crippen LogP contribution in [0.15, 0.2) is 54.6 Å². The van der Waals surface area contributed by atoms with Crippen molar-refractivity contribution in [1.29, 1.82) is 0 Å². The first kappa shape index (κ1) is 22.3. The molecule has 2 fully saturated rings. The number of piperidine rings is 1. The molecule has 0 spiro atoms. The van der Waals surface area contributed by atoms with E-state index in [9.17, 15) is 4.79 Å². The number of hydrogen-bond donors (Lipinski definition) is 0. The number of nitrogens with zero attached hydrogens (tertiary/aromatic N) is 2. The quantitative estimate of drug-likeness (QED) is 0.594. The minimum atomic E-state index is 0.110. The van der Waals surface area contributed by atoms with Gasteiger partial charge in [-0.1, -0.05) is 42.5 Å². The predicted molar refractivity (Wildman–Crippen MR) is 130 cm³/mol. The van der Waals surface area contributed by atoms with Crippen molar-refractivity contribution in [2.24, 2.45) is 5.92 Å². The molecule has 0 aromatic heterocycles. The molecule has 0 radical (unpaired) electrons. The Hall–Kier alpha value is -2.53. The highest BCUT2D eigenvalue weighted by atomic mass is 16.6. The molecular weight excluding hydrogens is 412 g/mol. The van der Waals surface area contributed by atoms with Crippen molar-refractivity contribution in [1.82, 2.24) is 9.80 Å². The van der Waals surface area contributed by atoms with Gasteiger partial charge in [0.05, 0.1) is 0 Å². The summed E-state index contributed by atoms with van der Waals surface area (Å²) in [6.07, 6.45) is 7.65. The largest absolute Gasteiger partial charge is 0.486 e. The summed E-state index contributed by atoms with van der Waals surface area (Å²) in [6, 6.07) is 18.9. The minimum Gasteiger partial charge on any atom is -0.486 e. The Morgan fingerprint density at radius 1 is 0.909 bits per heavy atom. The van der Waals surface area contributed by atoms with E-state index in [0.717, 1.165) is 62.9 Å². The molecule has 5 nitrogen and oxygen atoms in total. The van der Waals surface area contributed by atoms with Crippen LogP contribution < -0.4 is 9.47 Å². The van der Waals surface area contributed by atoms with Crippen LogP contribution >= 0.6 is 0 Å². The van der Waals surface area contributed by atoms with E-state index in [0.29, 0.717) is 25.0 Å². The zero-order valence-electron chi connectivity index (χ0n) is 19.5. The maximum Gasteiger partial charge on any atom is 0.222 e. The van der Waals surface area contributed by atoms with Crippen molar-refractivity contribution in [2.45, 2.75) is 57.1 Å². The van der Waals surface area contributed by atoms with Crippen LogP contribution in [0.5, 0.6) is 11.5 Å². The van der Waals surface area contributed by atoms with Gasteiger partial charge < -0.3 is 14.4 Å². The third-order valence-corrected chi connectivity index (χ3v) is 7.51. The number of carbonyl (C=O) groups is 1. The lowest BCUT2D eigenvalue weighted by Gasteiger charge is -2.36. The van der Waals surface area contributed by atoms with Crippen LogP contribution in [-0.2, 0) is 11.2 Å². The monoisotopic (exact) mass is 448 g/mol. The summed E-state index contributed by atoms with van der Waals surface area (Å²) in [6.45, 7) is 4.75. The van der Waals surface area contributed by atoms with Crippen molar-refractivity contribution in [3.05, 3.63) is 60.2 Å². The summed E-state index contributed by atoms with van der Waals surface area (Å²) in [4.78, 5) is 17.2. The predicted octanol–water partition coefficient (Wildman–Crippen LogP) is 4.55. The lowest BCUT2D eigenvalue weighted by molar-refractivity contribution is -0.129. The molecule has 2 aromatic carbocycles. The van der Waals surface area contributed by atoms with Crippen LogP contribution in [0.1, 0.15) is 44.1 Å². The molecule has 0 unspecified atom stereocenters. The fraction of sp³-hybridized carbons (Fsp3) is 0.536. The molecule has 2 aromatic rings. The van der Waals surface area contributed by atoms with Gasteiger partial charge in [-0.25, -0.2) is 0 Å². The molecule has 5 heteroatoms. The Labute approximate surface area is 197 Å². The number of rotatable bonds is 8. The van der Waals surface area contributed by atoms with Crippen molar-refractivity contribution >= 4 is 5.91 Å². The summed E-state index contributed by atoms with van der Waals surface area (Å²) in [5.74, 6) is 2.85. The summed E-state index contributed by atoms with van der Waals surface area (Å²) >= 11 is 0. The summed E-state index contributed by atoms with van der Waals surface area (Å²) in [5.41, 5.74) is 1.34. The van der Waals surface area contributed by atoms with Crippen LogP contribution in [0.4, 0.5) is 0 Å². The average Bonchev–Trinajstić information content (AvgIpc) is 3.19. The highest BCUT2D eigenvalue weighted by molar-refractivity contribution is 5.78. The van der Waals surface area contributed by atoms with Gasteiger partial charge in [0.1, 0.15) is 12.7 Å². The van der Waals surface area contributed by atoms with Gasteiger partial charge in [0.2, 0.25) is 5.91 Å². The van der Waals surface area contributed by atoms with E-state index >= 15 is 0 Å². The van der Waals surface area contributed by atoms with Gasteiger partial charge in [-0.3, -0.25) is 9.69 Å². The molecule has 0 aliphatic carbocycles. The van der Waals surface area contributed by atoms with Gasteiger partial charge in [-0.15, -0.1) is 0 Å². The van der Waals surface area contributed by atoms with Crippen molar-refractivity contribution in [2.75, 3.05) is 32.8 Å². The first-order chi connectivity index (χ1) is 16.2. The highest BCUT2D eigenvalue weighted by Gasteiger charge is 2.31. The van der Waals surface area contributed by atoms with Crippen LogP contribution in [0.25, 0.3) is 0 Å². The molecule has 2 saturated heterocycles. The van der Waals surface area contributed by atoms with Gasteiger partial charge in [0.15, 0.2) is 11.5 Å². The SMILES string of the molecule is O=C1CC[C@H](Cc2ccccc2)N1CCCC1CCN(C[C@H]2COc3ccccc3O2)CC1. The topological polar surface area (TPSA) is 42.0 Å². The summed E-state index contributed by atoms with van der Waals surface area (Å²) < 4.78 is 12.0. The van der Waals surface area contributed by atoms with Gasteiger partial charge in [0, 0.05) is 25.6 Å². The normalized spacial score (nSPS) is 23.8. The molecule has 1 amide bonds. The first-order valence-electron chi connectivity index (χ1n) is 12.7. The van der Waals surface area contributed by atoms with Crippen molar-refractivity contribution < 1.29 is 14.3 Å². The number of hydrogen-bond acceptors (Lipinski definition) is 4. The van der Waals surface area contributed by atoms with E-state index in [1.54, 1.807) is 0 Å². The summed E-state index contributed by atoms with van der Waals surface area (Å²) in [5, 5.41) is 0. The maximum atomic E-state index is 12.5. The van der Waals surface area contributed by atoms with E-state index in [1.807, 2.05) is 24.3 Å².